The van der Waals surface area contributed by atoms with E-state index in [4.69, 9.17) is 16.3 Å². The minimum Gasteiger partial charge on any atom is -0.489 e. The van der Waals surface area contributed by atoms with Crippen LogP contribution in [0.3, 0.4) is 0 Å². The first-order valence-corrected chi connectivity index (χ1v) is 9.57. The van der Waals surface area contributed by atoms with Crippen LogP contribution in [0.4, 0.5) is 5.69 Å². The van der Waals surface area contributed by atoms with Crippen molar-refractivity contribution in [2.24, 2.45) is 0 Å². The molecule has 2 aromatic carbocycles. The van der Waals surface area contributed by atoms with E-state index in [0.717, 1.165) is 16.9 Å². The molecule has 3 aromatic rings. The Morgan fingerprint density at radius 2 is 1.85 bits per heavy atom. The summed E-state index contributed by atoms with van der Waals surface area (Å²) >= 11 is 7.31. The van der Waals surface area contributed by atoms with Gasteiger partial charge in [0.25, 0.3) is 5.91 Å². The summed E-state index contributed by atoms with van der Waals surface area (Å²) in [6.45, 7) is 3.82. The molecular weight excluding hydrogens is 382 g/mol. The van der Waals surface area contributed by atoms with Crippen LogP contribution in [-0.2, 0) is 6.61 Å². The van der Waals surface area contributed by atoms with E-state index in [1.807, 2.05) is 30.5 Å². The minimum atomic E-state index is -0.190. The molecule has 1 amide bonds. The maximum atomic E-state index is 12.4. The van der Waals surface area contributed by atoms with Gasteiger partial charge >= 0.3 is 0 Å². The first-order chi connectivity index (χ1) is 12.9. The SMILES string of the molecule is CC(=O)c1ccc(NC(=O)c2cc(COc3ccc(Cl)cc3C)cs2)cc1. The molecule has 0 aliphatic heterocycles. The molecule has 0 atom stereocenters. The molecule has 4 nitrogen and oxygen atoms in total. The van der Waals surface area contributed by atoms with Crippen LogP contribution in [0, 0.1) is 6.92 Å². The molecule has 1 heterocycles. The van der Waals surface area contributed by atoms with E-state index in [9.17, 15) is 9.59 Å². The number of hydrogen-bond acceptors (Lipinski definition) is 4. The molecule has 0 unspecified atom stereocenters. The molecule has 0 aliphatic carbocycles. The lowest BCUT2D eigenvalue weighted by molar-refractivity contribution is 0.101. The van der Waals surface area contributed by atoms with Crippen molar-refractivity contribution < 1.29 is 14.3 Å². The molecule has 0 aliphatic rings. The Morgan fingerprint density at radius 3 is 2.52 bits per heavy atom. The maximum Gasteiger partial charge on any atom is 0.265 e. The molecule has 0 fully saturated rings. The van der Waals surface area contributed by atoms with Gasteiger partial charge < -0.3 is 10.1 Å². The average molecular weight is 400 g/mol. The predicted molar refractivity (Wildman–Crippen MR) is 109 cm³/mol. The van der Waals surface area contributed by atoms with E-state index >= 15 is 0 Å². The molecule has 1 aromatic heterocycles. The predicted octanol–water partition coefficient (Wildman–Crippen LogP) is 5.74. The molecule has 0 saturated carbocycles. The fourth-order valence-electron chi connectivity index (χ4n) is 2.49. The number of thiophene rings is 1. The van der Waals surface area contributed by atoms with E-state index < -0.39 is 0 Å². The Bertz CT molecular complexity index is 979. The Kier molecular flexibility index (Phi) is 5.94. The molecule has 27 heavy (non-hydrogen) atoms. The zero-order valence-electron chi connectivity index (χ0n) is 14.9. The van der Waals surface area contributed by atoms with Crippen LogP contribution in [0.1, 0.15) is 38.1 Å². The zero-order valence-corrected chi connectivity index (χ0v) is 16.5. The Morgan fingerprint density at radius 1 is 1.11 bits per heavy atom. The highest BCUT2D eigenvalue weighted by Crippen LogP contribution is 2.24. The molecule has 0 radical (unpaired) electrons. The summed E-state index contributed by atoms with van der Waals surface area (Å²) < 4.78 is 5.81. The number of rotatable bonds is 6. The Hall–Kier alpha value is -2.63. The lowest BCUT2D eigenvalue weighted by Crippen LogP contribution is -2.10. The highest BCUT2D eigenvalue weighted by Gasteiger charge is 2.11. The number of benzene rings is 2. The fourth-order valence-corrected chi connectivity index (χ4v) is 3.51. The van der Waals surface area contributed by atoms with Crippen LogP contribution in [-0.4, -0.2) is 11.7 Å². The van der Waals surface area contributed by atoms with Crippen LogP contribution in [0.15, 0.2) is 53.9 Å². The summed E-state index contributed by atoms with van der Waals surface area (Å²) in [5.74, 6) is 0.568. The second-order valence-corrected chi connectivity index (χ2v) is 7.45. The third kappa shape index (κ3) is 4.96. The van der Waals surface area contributed by atoms with Crippen molar-refractivity contribution >= 4 is 40.3 Å². The first-order valence-electron chi connectivity index (χ1n) is 8.31. The van der Waals surface area contributed by atoms with Crippen molar-refractivity contribution in [3.05, 3.63) is 80.5 Å². The van der Waals surface area contributed by atoms with E-state index in [1.165, 1.54) is 18.3 Å². The van der Waals surface area contributed by atoms with Crippen LogP contribution in [0.25, 0.3) is 0 Å². The lowest BCUT2D eigenvalue weighted by atomic mass is 10.1. The third-order valence-electron chi connectivity index (χ3n) is 3.96. The summed E-state index contributed by atoms with van der Waals surface area (Å²) in [7, 11) is 0. The Labute approximate surface area is 166 Å². The van der Waals surface area contributed by atoms with Gasteiger partial charge in [0.05, 0.1) is 4.88 Å². The smallest absolute Gasteiger partial charge is 0.265 e. The maximum absolute atomic E-state index is 12.4. The number of ether oxygens (including phenoxy) is 1. The van der Waals surface area contributed by atoms with Crippen molar-refractivity contribution in [3.63, 3.8) is 0 Å². The molecular formula is C21H18ClNO3S. The average Bonchev–Trinajstić information content (AvgIpc) is 3.10. The van der Waals surface area contributed by atoms with Gasteiger partial charge in [-0.3, -0.25) is 9.59 Å². The highest BCUT2D eigenvalue weighted by atomic mass is 35.5. The summed E-state index contributed by atoms with van der Waals surface area (Å²) in [5, 5.41) is 5.41. The molecule has 138 valence electrons. The van der Waals surface area contributed by atoms with E-state index in [0.29, 0.717) is 27.8 Å². The monoisotopic (exact) mass is 399 g/mol. The van der Waals surface area contributed by atoms with Crippen molar-refractivity contribution in [1.29, 1.82) is 0 Å². The molecule has 0 saturated heterocycles. The lowest BCUT2D eigenvalue weighted by Gasteiger charge is -2.08. The van der Waals surface area contributed by atoms with Crippen molar-refractivity contribution in [2.45, 2.75) is 20.5 Å². The van der Waals surface area contributed by atoms with Crippen molar-refractivity contribution in [3.8, 4) is 5.75 Å². The van der Waals surface area contributed by atoms with Gasteiger partial charge in [-0.2, -0.15) is 0 Å². The number of carbonyl (C=O) groups is 2. The number of ketones is 1. The van der Waals surface area contributed by atoms with E-state index in [2.05, 4.69) is 5.32 Å². The standard InChI is InChI=1S/C21H18ClNO3S/c1-13-9-17(22)5-8-19(13)26-11-15-10-20(27-12-15)21(25)23-18-6-3-16(4-7-18)14(2)24/h3-10,12H,11H2,1-2H3,(H,23,25). The van der Waals surface area contributed by atoms with Crippen LogP contribution >= 0.6 is 22.9 Å². The molecule has 6 heteroatoms. The number of amides is 1. The highest BCUT2D eigenvalue weighted by molar-refractivity contribution is 7.12. The quantitative estimate of drug-likeness (QED) is 0.537. The summed E-state index contributed by atoms with van der Waals surface area (Å²) in [5.41, 5.74) is 3.14. The van der Waals surface area contributed by atoms with Gasteiger partial charge in [0.2, 0.25) is 0 Å². The Balaban J connectivity index is 1.61. The number of carbonyl (C=O) groups excluding carboxylic acids is 2. The second-order valence-electron chi connectivity index (χ2n) is 6.11. The van der Waals surface area contributed by atoms with Gasteiger partial charge in [-0.25, -0.2) is 0 Å². The van der Waals surface area contributed by atoms with E-state index in [1.54, 1.807) is 30.3 Å². The fraction of sp³-hybridized carbons (Fsp3) is 0.143. The largest absolute Gasteiger partial charge is 0.489 e. The van der Waals surface area contributed by atoms with Gasteiger partial charge in [-0.15, -0.1) is 11.3 Å². The molecule has 3 rings (SSSR count). The van der Waals surface area contributed by atoms with Gasteiger partial charge in [-0.1, -0.05) is 11.6 Å². The first kappa shape index (κ1) is 19.1. The van der Waals surface area contributed by atoms with Crippen LogP contribution < -0.4 is 10.1 Å². The van der Waals surface area contributed by atoms with Crippen molar-refractivity contribution in [2.75, 3.05) is 5.32 Å². The van der Waals surface area contributed by atoms with Crippen LogP contribution in [0.2, 0.25) is 5.02 Å². The molecule has 1 N–H and O–H groups in total. The van der Waals surface area contributed by atoms with Gasteiger partial charge in [0, 0.05) is 21.8 Å². The summed E-state index contributed by atoms with van der Waals surface area (Å²) in [6.07, 6.45) is 0. The third-order valence-corrected chi connectivity index (χ3v) is 5.17. The van der Waals surface area contributed by atoms with Gasteiger partial charge in [0.1, 0.15) is 12.4 Å². The van der Waals surface area contributed by atoms with Gasteiger partial charge in [-0.05, 0) is 73.3 Å². The van der Waals surface area contributed by atoms with E-state index in [-0.39, 0.29) is 11.7 Å². The number of aryl methyl sites for hydroxylation is 1. The zero-order chi connectivity index (χ0) is 19.4. The molecule has 0 bridgehead atoms. The summed E-state index contributed by atoms with van der Waals surface area (Å²) in [4.78, 5) is 24.3. The van der Waals surface area contributed by atoms with Crippen LogP contribution in [0.5, 0.6) is 5.75 Å². The number of hydrogen-bond donors (Lipinski definition) is 1. The number of Topliss-reactive ketones (excluding diaryl/α,β-unsaturated/α-hetero) is 1. The molecule has 0 spiro atoms. The van der Waals surface area contributed by atoms with Gasteiger partial charge in [0.15, 0.2) is 5.78 Å². The number of nitrogens with one attached hydrogen (secondary N) is 1. The number of anilines is 1. The minimum absolute atomic E-state index is 0.00769. The second kappa shape index (κ2) is 8.37. The summed E-state index contributed by atoms with van der Waals surface area (Å²) in [6, 6.07) is 14.1. The number of halogens is 1. The van der Waals surface area contributed by atoms with Crippen molar-refractivity contribution in [1.82, 2.24) is 0 Å². The topological polar surface area (TPSA) is 55.4 Å². The normalized spacial score (nSPS) is 10.5.